The fourth-order valence-corrected chi connectivity index (χ4v) is 3.11. The van der Waals surface area contributed by atoms with E-state index >= 15 is 0 Å². The molecule has 0 aromatic heterocycles. The van der Waals surface area contributed by atoms with Gasteiger partial charge in [-0.2, -0.15) is 0 Å². The number of ketones is 1. The van der Waals surface area contributed by atoms with Crippen molar-refractivity contribution in [3.8, 4) is 0 Å². The Balaban J connectivity index is 2.01. The van der Waals surface area contributed by atoms with Gasteiger partial charge in [0.15, 0.2) is 5.78 Å². The van der Waals surface area contributed by atoms with Crippen LogP contribution in [0.2, 0.25) is 5.02 Å². The highest BCUT2D eigenvalue weighted by molar-refractivity contribution is 8.00. The highest BCUT2D eigenvalue weighted by atomic mass is 35.5. The molecule has 0 aliphatic heterocycles. The summed E-state index contributed by atoms with van der Waals surface area (Å²) in [5.74, 6) is 0.562. The smallest absolute Gasteiger partial charge is 0.173 e. The SMILES string of the molecule is CCCc1cccc(C(=O)CSc2ccccc2Cl)c1. The summed E-state index contributed by atoms with van der Waals surface area (Å²) in [5, 5.41) is 0.699. The largest absolute Gasteiger partial charge is 0.293 e. The van der Waals surface area contributed by atoms with Crippen LogP contribution in [-0.4, -0.2) is 11.5 Å². The standard InChI is InChI=1S/C17H17ClOS/c1-2-6-13-7-5-8-14(11-13)16(19)12-20-17-10-4-3-9-15(17)18/h3-5,7-11H,2,6,12H2,1H3. The molecule has 1 nitrogen and oxygen atoms in total. The van der Waals surface area contributed by atoms with Gasteiger partial charge in [-0.05, 0) is 30.2 Å². The van der Waals surface area contributed by atoms with Gasteiger partial charge in [-0.15, -0.1) is 11.8 Å². The normalized spacial score (nSPS) is 10.5. The lowest BCUT2D eigenvalue weighted by Gasteiger charge is -2.05. The Labute approximate surface area is 129 Å². The number of aryl methyl sites for hydroxylation is 1. The Morgan fingerprint density at radius 2 is 1.95 bits per heavy atom. The maximum Gasteiger partial charge on any atom is 0.173 e. The lowest BCUT2D eigenvalue weighted by molar-refractivity contribution is 0.102. The monoisotopic (exact) mass is 304 g/mol. The van der Waals surface area contributed by atoms with E-state index in [1.54, 1.807) is 0 Å². The van der Waals surface area contributed by atoms with Crippen LogP contribution in [0.4, 0.5) is 0 Å². The molecular formula is C17H17ClOS. The fraction of sp³-hybridized carbons (Fsp3) is 0.235. The minimum absolute atomic E-state index is 0.146. The van der Waals surface area contributed by atoms with Gasteiger partial charge >= 0.3 is 0 Å². The molecule has 0 heterocycles. The molecule has 0 atom stereocenters. The molecule has 2 aromatic carbocycles. The Kier molecular flexibility index (Phi) is 5.69. The van der Waals surface area contributed by atoms with Crippen molar-refractivity contribution >= 4 is 29.1 Å². The molecule has 3 heteroatoms. The minimum atomic E-state index is 0.146. The molecule has 0 fully saturated rings. The topological polar surface area (TPSA) is 17.1 Å². The van der Waals surface area contributed by atoms with Gasteiger partial charge in [0.2, 0.25) is 0 Å². The van der Waals surface area contributed by atoms with Crippen molar-refractivity contribution in [2.45, 2.75) is 24.7 Å². The third kappa shape index (κ3) is 4.12. The van der Waals surface area contributed by atoms with Crippen LogP contribution in [0.25, 0.3) is 0 Å². The zero-order valence-corrected chi connectivity index (χ0v) is 13.0. The first-order valence-corrected chi connectivity index (χ1v) is 8.06. The summed E-state index contributed by atoms with van der Waals surface area (Å²) in [6.45, 7) is 2.14. The molecule has 0 saturated heterocycles. The molecule has 2 rings (SSSR count). The van der Waals surface area contributed by atoms with Gasteiger partial charge in [0.1, 0.15) is 0 Å². The highest BCUT2D eigenvalue weighted by Gasteiger charge is 2.08. The van der Waals surface area contributed by atoms with E-state index in [-0.39, 0.29) is 5.78 Å². The van der Waals surface area contributed by atoms with Crippen LogP contribution in [0.3, 0.4) is 0 Å². The quantitative estimate of drug-likeness (QED) is 0.534. The first kappa shape index (κ1) is 15.1. The van der Waals surface area contributed by atoms with Crippen LogP contribution in [0.15, 0.2) is 53.4 Å². The maximum atomic E-state index is 12.2. The second-order valence-corrected chi connectivity index (χ2v) is 6.02. The van der Waals surface area contributed by atoms with Gasteiger partial charge in [0, 0.05) is 10.5 Å². The van der Waals surface area contributed by atoms with Crippen molar-refractivity contribution in [3.63, 3.8) is 0 Å². The molecule has 0 unspecified atom stereocenters. The Morgan fingerprint density at radius 1 is 1.15 bits per heavy atom. The second kappa shape index (κ2) is 7.51. The summed E-state index contributed by atoms with van der Waals surface area (Å²) in [7, 11) is 0. The Hall–Kier alpha value is -1.25. The van der Waals surface area contributed by atoms with Crippen LogP contribution in [0.1, 0.15) is 29.3 Å². The zero-order valence-electron chi connectivity index (χ0n) is 11.4. The molecule has 2 aromatic rings. The van der Waals surface area contributed by atoms with Crippen LogP contribution >= 0.6 is 23.4 Å². The van der Waals surface area contributed by atoms with Crippen LogP contribution in [-0.2, 0) is 6.42 Å². The van der Waals surface area contributed by atoms with Crippen LogP contribution in [0, 0.1) is 0 Å². The lowest BCUT2D eigenvalue weighted by atomic mass is 10.1. The summed E-state index contributed by atoms with van der Waals surface area (Å²) >= 11 is 7.58. The van der Waals surface area contributed by atoms with Gasteiger partial charge in [0.25, 0.3) is 0 Å². The van der Waals surface area contributed by atoms with Crippen molar-refractivity contribution in [1.82, 2.24) is 0 Å². The highest BCUT2D eigenvalue weighted by Crippen LogP contribution is 2.27. The predicted molar refractivity (Wildman–Crippen MR) is 86.9 cm³/mol. The summed E-state index contributed by atoms with van der Waals surface area (Å²) in [6.07, 6.45) is 2.10. The number of hydrogen-bond donors (Lipinski definition) is 0. The molecule has 0 amide bonds. The fourth-order valence-electron chi connectivity index (χ4n) is 1.98. The van der Waals surface area contributed by atoms with E-state index < -0.39 is 0 Å². The molecule has 0 N–H and O–H groups in total. The van der Waals surface area contributed by atoms with Gasteiger partial charge in [0.05, 0.1) is 10.8 Å². The van der Waals surface area contributed by atoms with Gasteiger partial charge in [-0.1, -0.05) is 55.3 Å². The number of carbonyl (C=O) groups is 1. The minimum Gasteiger partial charge on any atom is -0.293 e. The van der Waals surface area contributed by atoms with Crippen molar-refractivity contribution in [2.24, 2.45) is 0 Å². The summed E-state index contributed by atoms with van der Waals surface area (Å²) < 4.78 is 0. The number of carbonyl (C=O) groups excluding carboxylic acids is 1. The summed E-state index contributed by atoms with van der Waals surface area (Å²) in [5.41, 5.74) is 2.01. The average molecular weight is 305 g/mol. The number of Topliss-reactive ketones (excluding diaryl/α,β-unsaturated/α-hetero) is 1. The first-order chi connectivity index (χ1) is 9.70. The van der Waals surface area contributed by atoms with E-state index in [4.69, 9.17) is 11.6 Å². The second-order valence-electron chi connectivity index (χ2n) is 4.59. The number of hydrogen-bond acceptors (Lipinski definition) is 2. The summed E-state index contributed by atoms with van der Waals surface area (Å²) in [6, 6.07) is 15.5. The van der Waals surface area contributed by atoms with Crippen LogP contribution < -0.4 is 0 Å². The van der Waals surface area contributed by atoms with Gasteiger partial charge < -0.3 is 0 Å². The Bertz CT molecular complexity index is 595. The van der Waals surface area contributed by atoms with Crippen molar-refractivity contribution in [2.75, 3.05) is 5.75 Å². The predicted octanol–water partition coefficient (Wildman–Crippen LogP) is 5.27. The number of thioether (sulfide) groups is 1. The molecule has 0 aliphatic rings. The van der Waals surface area contributed by atoms with E-state index in [2.05, 4.69) is 13.0 Å². The molecule has 0 radical (unpaired) electrons. The molecule has 0 aliphatic carbocycles. The van der Waals surface area contributed by atoms with E-state index in [0.717, 1.165) is 23.3 Å². The Morgan fingerprint density at radius 3 is 2.70 bits per heavy atom. The van der Waals surface area contributed by atoms with Gasteiger partial charge in [-0.3, -0.25) is 4.79 Å². The molecule has 20 heavy (non-hydrogen) atoms. The summed E-state index contributed by atoms with van der Waals surface area (Å²) in [4.78, 5) is 13.2. The number of rotatable bonds is 6. The van der Waals surface area contributed by atoms with Crippen molar-refractivity contribution in [3.05, 3.63) is 64.7 Å². The molecule has 0 spiro atoms. The number of halogens is 1. The van der Waals surface area contributed by atoms with E-state index in [1.165, 1.54) is 17.3 Å². The molecular weight excluding hydrogens is 288 g/mol. The van der Waals surface area contributed by atoms with Gasteiger partial charge in [-0.25, -0.2) is 0 Å². The third-order valence-electron chi connectivity index (χ3n) is 2.98. The van der Waals surface area contributed by atoms with E-state index in [0.29, 0.717) is 10.8 Å². The molecule has 0 saturated carbocycles. The first-order valence-electron chi connectivity index (χ1n) is 6.70. The molecule has 0 bridgehead atoms. The lowest BCUT2D eigenvalue weighted by Crippen LogP contribution is -2.03. The van der Waals surface area contributed by atoms with Crippen LogP contribution in [0.5, 0.6) is 0 Å². The zero-order chi connectivity index (χ0) is 14.4. The van der Waals surface area contributed by atoms with E-state index in [1.807, 2.05) is 42.5 Å². The third-order valence-corrected chi connectivity index (χ3v) is 4.50. The maximum absolute atomic E-state index is 12.2. The molecule has 104 valence electrons. The van der Waals surface area contributed by atoms with E-state index in [9.17, 15) is 4.79 Å². The van der Waals surface area contributed by atoms with Crippen molar-refractivity contribution < 1.29 is 4.79 Å². The number of benzene rings is 2. The van der Waals surface area contributed by atoms with Crippen molar-refractivity contribution in [1.29, 1.82) is 0 Å². The average Bonchev–Trinajstić information content (AvgIpc) is 2.47.